The number of nitrogens with two attached hydrogens (primary N) is 1. The number of nitrogens with one attached hydrogen (secondary N) is 1. The molecule has 1 aromatic rings. The summed E-state index contributed by atoms with van der Waals surface area (Å²) in [5.74, 6) is -0.195. The Morgan fingerprint density at radius 1 is 1.67 bits per heavy atom. The quantitative estimate of drug-likeness (QED) is 0.723. The van der Waals surface area contributed by atoms with Gasteiger partial charge in [0.25, 0.3) is 5.91 Å². The van der Waals surface area contributed by atoms with Crippen LogP contribution in [0.1, 0.15) is 17.3 Å². The van der Waals surface area contributed by atoms with Crippen molar-refractivity contribution in [2.24, 2.45) is 5.73 Å². The number of H-pyrrole nitrogens is 1. The van der Waals surface area contributed by atoms with E-state index in [2.05, 4.69) is 4.98 Å². The lowest BCUT2D eigenvalue weighted by molar-refractivity contribution is 0.0748. The molecule has 15 heavy (non-hydrogen) atoms. The van der Waals surface area contributed by atoms with E-state index in [0.29, 0.717) is 12.1 Å². The Balaban J connectivity index is 2.90. The Labute approximate surface area is 87.9 Å². The van der Waals surface area contributed by atoms with Gasteiger partial charge in [-0.25, -0.2) is 0 Å². The fourth-order valence-electron chi connectivity index (χ4n) is 1.14. The maximum Gasteiger partial charge on any atom is 0.254 e. The van der Waals surface area contributed by atoms with Crippen LogP contribution in [0.5, 0.6) is 0 Å². The molecule has 0 aromatic carbocycles. The fraction of sp³-hybridized carbons (Fsp3) is 0.400. The lowest BCUT2D eigenvalue weighted by atomic mass is 10.2. The molecule has 0 aliphatic carbocycles. The zero-order chi connectivity index (χ0) is 11.4. The molecule has 0 saturated carbocycles. The van der Waals surface area contributed by atoms with Crippen molar-refractivity contribution in [2.75, 3.05) is 13.6 Å². The molecule has 0 saturated heterocycles. The van der Waals surface area contributed by atoms with Crippen LogP contribution in [-0.4, -0.2) is 35.4 Å². The van der Waals surface area contributed by atoms with E-state index < -0.39 is 0 Å². The van der Waals surface area contributed by atoms with Gasteiger partial charge in [0.15, 0.2) is 0 Å². The topological polar surface area (TPSA) is 79.2 Å². The molecule has 0 spiro atoms. The molecular formula is C10H15N3O2. The van der Waals surface area contributed by atoms with E-state index in [9.17, 15) is 9.59 Å². The number of nitrogens with zero attached hydrogens (tertiary/aromatic N) is 1. The van der Waals surface area contributed by atoms with Crippen LogP contribution < -0.4 is 11.3 Å². The number of rotatable bonds is 3. The first-order valence-corrected chi connectivity index (χ1v) is 4.72. The Morgan fingerprint density at radius 3 is 2.87 bits per heavy atom. The second-order valence-electron chi connectivity index (χ2n) is 3.44. The normalized spacial score (nSPS) is 12.2. The number of likely N-dealkylation sites (N-methyl/N-ethyl adjacent to an activating group) is 1. The first kappa shape index (κ1) is 11.5. The van der Waals surface area contributed by atoms with Crippen LogP contribution in [-0.2, 0) is 0 Å². The van der Waals surface area contributed by atoms with E-state index in [1.54, 1.807) is 13.1 Å². The van der Waals surface area contributed by atoms with Crippen molar-refractivity contribution in [3.05, 3.63) is 34.2 Å². The molecule has 1 atom stereocenters. The smallest absolute Gasteiger partial charge is 0.254 e. The average Bonchev–Trinajstić information content (AvgIpc) is 2.26. The minimum Gasteiger partial charge on any atom is -0.338 e. The monoisotopic (exact) mass is 209 g/mol. The van der Waals surface area contributed by atoms with E-state index >= 15 is 0 Å². The number of amides is 1. The first-order valence-electron chi connectivity index (χ1n) is 4.72. The molecule has 0 aliphatic heterocycles. The molecule has 1 rings (SSSR count). The largest absolute Gasteiger partial charge is 0.338 e. The molecule has 0 fully saturated rings. The number of aromatic amines is 1. The van der Waals surface area contributed by atoms with Crippen LogP contribution in [0.15, 0.2) is 23.1 Å². The SMILES string of the molecule is CC(CN)N(C)C(=O)c1cc[nH]c(=O)c1. The summed E-state index contributed by atoms with van der Waals surface area (Å²) in [6, 6.07) is 2.81. The summed E-state index contributed by atoms with van der Waals surface area (Å²) < 4.78 is 0. The summed E-state index contributed by atoms with van der Waals surface area (Å²) in [4.78, 5) is 26.8. The molecule has 0 aliphatic rings. The van der Waals surface area contributed by atoms with Gasteiger partial charge in [-0.1, -0.05) is 0 Å². The molecule has 1 aromatic heterocycles. The third-order valence-electron chi connectivity index (χ3n) is 2.34. The zero-order valence-corrected chi connectivity index (χ0v) is 8.86. The zero-order valence-electron chi connectivity index (χ0n) is 8.86. The number of hydrogen-bond donors (Lipinski definition) is 2. The summed E-state index contributed by atoms with van der Waals surface area (Å²) in [6.45, 7) is 2.25. The van der Waals surface area contributed by atoms with Gasteiger partial charge in [0.05, 0.1) is 0 Å². The summed E-state index contributed by atoms with van der Waals surface area (Å²) >= 11 is 0. The van der Waals surface area contributed by atoms with Crippen molar-refractivity contribution < 1.29 is 4.79 Å². The lowest BCUT2D eigenvalue weighted by Crippen LogP contribution is -2.40. The molecule has 82 valence electrons. The van der Waals surface area contributed by atoms with Gasteiger partial charge in [-0.05, 0) is 13.0 Å². The molecule has 1 unspecified atom stereocenters. The van der Waals surface area contributed by atoms with E-state index in [0.717, 1.165) is 0 Å². The highest BCUT2D eigenvalue weighted by Gasteiger charge is 2.16. The van der Waals surface area contributed by atoms with E-state index in [-0.39, 0.29) is 17.5 Å². The van der Waals surface area contributed by atoms with Crippen molar-refractivity contribution in [1.29, 1.82) is 0 Å². The van der Waals surface area contributed by atoms with Gasteiger partial charge in [-0.15, -0.1) is 0 Å². The summed E-state index contributed by atoms with van der Waals surface area (Å²) in [7, 11) is 1.67. The van der Waals surface area contributed by atoms with Gasteiger partial charge in [-0.2, -0.15) is 0 Å². The molecular weight excluding hydrogens is 194 g/mol. The second-order valence-corrected chi connectivity index (χ2v) is 3.44. The lowest BCUT2D eigenvalue weighted by Gasteiger charge is -2.23. The molecule has 1 heterocycles. The van der Waals surface area contributed by atoms with Crippen molar-refractivity contribution in [2.45, 2.75) is 13.0 Å². The molecule has 5 heteroatoms. The Hall–Kier alpha value is -1.62. The second kappa shape index (κ2) is 4.75. The Bertz CT molecular complexity index is 400. The van der Waals surface area contributed by atoms with Crippen LogP contribution in [0.25, 0.3) is 0 Å². The van der Waals surface area contributed by atoms with Crippen molar-refractivity contribution in [3.8, 4) is 0 Å². The van der Waals surface area contributed by atoms with Gasteiger partial charge in [-0.3, -0.25) is 9.59 Å². The molecule has 3 N–H and O–H groups in total. The minimum atomic E-state index is -0.283. The molecule has 1 amide bonds. The van der Waals surface area contributed by atoms with Crippen LogP contribution in [0.4, 0.5) is 0 Å². The number of carbonyl (C=O) groups excluding carboxylic acids is 1. The van der Waals surface area contributed by atoms with Gasteiger partial charge >= 0.3 is 0 Å². The number of aromatic nitrogens is 1. The molecule has 0 bridgehead atoms. The number of pyridine rings is 1. The van der Waals surface area contributed by atoms with Crippen molar-refractivity contribution in [1.82, 2.24) is 9.88 Å². The van der Waals surface area contributed by atoms with Crippen LogP contribution in [0.3, 0.4) is 0 Å². The highest BCUT2D eigenvalue weighted by atomic mass is 16.2. The standard InChI is InChI=1S/C10H15N3O2/c1-7(6-11)13(2)10(15)8-3-4-12-9(14)5-8/h3-5,7H,6,11H2,1-2H3,(H,12,14). The van der Waals surface area contributed by atoms with E-state index in [1.165, 1.54) is 17.2 Å². The first-order chi connectivity index (χ1) is 7.06. The maximum atomic E-state index is 11.8. The van der Waals surface area contributed by atoms with Gasteiger partial charge < -0.3 is 15.6 Å². The van der Waals surface area contributed by atoms with Crippen LogP contribution >= 0.6 is 0 Å². The van der Waals surface area contributed by atoms with Crippen molar-refractivity contribution in [3.63, 3.8) is 0 Å². The number of hydrogen-bond acceptors (Lipinski definition) is 3. The summed E-state index contributed by atoms with van der Waals surface area (Å²) in [6.07, 6.45) is 1.45. The highest BCUT2D eigenvalue weighted by Crippen LogP contribution is 2.02. The fourth-order valence-corrected chi connectivity index (χ4v) is 1.14. The Kier molecular flexibility index (Phi) is 3.62. The van der Waals surface area contributed by atoms with Crippen LogP contribution in [0, 0.1) is 0 Å². The Morgan fingerprint density at radius 2 is 2.33 bits per heavy atom. The van der Waals surface area contributed by atoms with Gasteiger partial charge in [0.2, 0.25) is 5.56 Å². The molecule has 0 radical (unpaired) electrons. The third-order valence-corrected chi connectivity index (χ3v) is 2.34. The maximum absolute atomic E-state index is 11.8. The van der Waals surface area contributed by atoms with E-state index in [1.807, 2.05) is 6.92 Å². The van der Waals surface area contributed by atoms with Gasteiger partial charge in [0.1, 0.15) is 0 Å². The third kappa shape index (κ3) is 2.66. The highest BCUT2D eigenvalue weighted by molar-refractivity contribution is 5.94. The minimum absolute atomic E-state index is 0.0446. The molecule has 5 nitrogen and oxygen atoms in total. The van der Waals surface area contributed by atoms with Crippen molar-refractivity contribution >= 4 is 5.91 Å². The predicted octanol–water partition coefficient (Wildman–Crippen LogP) is -0.206. The van der Waals surface area contributed by atoms with Crippen LogP contribution in [0.2, 0.25) is 0 Å². The van der Waals surface area contributed by atoms with E-state index in [4.69, 9.17) is 5.73 Å². The number of carbonyl (C=O) groups is 1. The van der Waals surface area contributed by atoms with Gasteiger partial charge in [0, 0.05) is 37.5 Å². The summed E-state index contributed by atoms with van der Waals surface area (Å²) in [5, 5.41) is 0. The summed E-state index contributed by atoms with van der Waals surface area (Å²) in [5.41, 5.74) is 5.55. The average molecular weight is 209 g/mol. The predicted molar refractivity (Wildman–Crippen MR) is 57.7 cm³/mol.